The number of carbonyl (C=O) groups is 1. The lowest BCUT2D eigenvalue weighted by atomic mass is 9.96. The van der Waals surface area contributed by atoms with E-state index in [4.69, 9.17) is 14.7 Å². The van der Waals surface area contributed by atoms with E-state index in [-0.39, 0.29) is 12.5 Å². The first-order valence-corrected chi connectivity index (χ1v) is 15.3. The van der Waals surface area contributed by atoms with Crippen LogP contribution in [0.25, 0.3) is 22.6 Å². The van der Waals surface area contributed by atoms with Crippen LogP contribution in [-0.4, -0.2) is 115 Å². The predicted molar refractivity (Wildman–Crippen MR) is 164 cm³/mol. The maximum Gasteiger partial charge on any atom is 0.253 e. The summed E-state index contributed by atoms with van der Waals surface area (Å²) in [6.45, 7) is 9.70. The number of rotatable bonds is 7. The third kappa shape index (κ3) is 6.81. The number of carbonyl (C=O) groups excluding carboxylic acids is 1. The van der Waals surface area contributed by atoms with E-state index in [0.717, 1.165) is 79.9 Å². The molecule has 0 spiro atoms. The highest BCUT2D eigenvalue weighted by Crippen LogP contribution is 2.28. The molecule has 0 unspecified atom stereocenters. The van der Waals surface area contributed by atoms with Crippen molar-refractivity contribution >= 4 is 11.7 Å². The molecule has 0 radical (unpaired) electrons. The molecule has 42 heavy (non-hydrogen) atoms. The number of ether oxygens (including phenoxy) is 1. The van der Waals surface area contributed by atoms with Crippen LogP contribution >= 0.6 is 0 Å². The van der Waals surface area contributed by atoms with Gasteiger partial charge in [0.25, 0.3) is 5.91 Å². The van der Waals surface area contributed by atoms with E-state index < -0.39 is 0 Å². The molecule has 1 amide bonds. The number of nitrogens with zero attached hydrogens (tertiary/aromatic N) is 6. The molecule has 9 heteroatoms. The molecule has 2 aromatic carbocycles. The minimum atomic E-state index is -0.0412. The van der Waals surface area contributed by atoms with E-state index in [1.54, 1.807) is 0 Å². The summed E-state index contributed by atoms with van der Waals surface area (Å²) in [6.07, 6.45) is 2.54. The van der Waals surface area contributed by atoms with Gasteiger partial charge in [-0.3, -0.25) is 9.69 Å². The van der Waals surface area contributed by atoms with Crippen LogP contribution in [-0.2, 0) is 11.3 Å². The molecule has 3 aromatic rings. The molecular weight excluding hydrogens is 528 g/mol. The molecule has 9 nitrogen and oxygen atoms in total. The van der Waals surface area contributed by atoms with Gasteiger partial charge >= 0.3 is 0 Å². The van der Waals surface area contributed by atoms with Gasteiger partial charge in [-0.05, 0) is 62.7 Å². The van der Waals surface area contributed by atoms with Crippen molar-refractivity contribution in [3.8, 4) is 22.6 Å². The Morgan fingerprint density at radius 3 is 2.38 bits per heavy atom. The van der Waals surface area contributed by atoms with Gasteiger partial charge in [-0.1, -0.05) is 30.3 Å². The SMILES string of the molecule is CN1CCC(CN2CCN(C(=O)c3cccc(-c4cc(N5CCOCC5)nc(-c5cccc(CO)c5)n4)c3)CC2)CC1. The fourth-order valence-electron chi connectivity index (χ4n) is 6.21. The zero-order chi connectivity index (χ0) is 28.9. The van der Waals surface area contributed by atoms with Crippen molar-refractivity contribution in [1.29, 1.82) is 0 Å². The van der Waals surface area contributed by atoms with Gasteiger partial charge in [0, 0.05) is 68.6 Å². The average Bonchev–Trinajstić information content (AvgIpc) is 3.06. The summed E-state index contributed by atoms with van der Waals surface area (Å²) in [6, 6.07) is 17.5. The summed E-state index contributed by atoms with van der Waals surface area (Å²) >= 11 is 0. The summed E-state index contributed by atoms with van der Waals surface area (Å²) in [7, 11) is 2.21. The third-order valence-corrected chi connectivity index (χ3v) is 8.83. The second kappa shape index (κ2) is 13.3. The Labute approximate surface area is 248 Å². The zero-order valence-corrected chi connectivity index (χ0v) is 24.6. The second-order valence-electron chi connectivity index (χ2n) is 11.8. The number of aromatic nitrogens is 2. The van der Waals surface area contributed by atoms with E-state index in [0.29, 0.717) is 24.6 Å². The summed E-state index contributed by atoms with van der Waals surface area (Å²) in [5.74, 6) is 2.28. The van der Waals surface area contributed by atoms with E-state index in [9.17, 15) is 9.90 Å². The fourth-order valence-corrected chi connectivity index (χ4v) is 6.21. The molecule has 1 N–H and O–H groups in total. The second-order valence-corrected chi connectivity index (χ2v) is 11.8. The number of aliphatic hydroxyl groups excluding tert-OH is 1. The summed E-state index contributed by atoms with van der Waals surface area (Å²) < 4.78 is 5.57. The number of amides is 1. The van der Waals surface area contributed by atoms with Gasteiger partial charge in [-0.25, -0.2) is 9.97 Å². The Hall–Kier alpha value is -3.37. The van der Waals surface area contributed by atoms with Crippen molar-refractivity contribution < 1.29 is 14.6 Å². The smallest absolute Gasteiger partial charge is 0.253 e. The molecule has 0 atom stereocenters. The number of anilines is 1. The maximum atomic E-state index is 13.6. The quantitative estimate of drug-likeness (QED) is 0.464. The lowest BCUT2D eigenvalue weighted by Gasteiger charge is -2.38. The largest absolute Gasteiger partial charge is 0.392 e. The standard InChI is InChI=1S/C33H42N6O3/c1-36-10-8-25(9-11-36)23-37-12-14-39(15-13-37)33(41)29-7-3-5-27(21-29)30-22-31(38-16-18-42-19-17-38)35-32(34-30)28-6-2-4-26(20-28)24-40/h2-7,20-22,25,40H,8-19,23-24H2,1H3. The minimum Gasteiger partial charge on any atom is -0.392 e. The Morgan fingerprint density at radius 2 is 1.62 bits per heavy atom. The Balaban J connectivity index is 1.20. The van der Waals surface area contributed by atoms with Gasteiger partial charge in [0.1, 0.15) is 5.82 Å². The molecule has 0 bridgehead atoms. The first-order chi connectivity index (χ1) is 20.6. The van der Waals surface area contributed by atoms with E-state index in [2.05, 4.69) is 21.7 Å². The predicted octanol–water partition coefficient (Wildman–Crippen LogP) is 3.24. The molecule has 4 heterocycles. The van der Waals surface area contributed by atoms with E-state index in [1.165, 1.54) is 25.9 Å². The van der Waals surface area contributed by atoms with Gasteiger partial charge in [0.2, 0.25) is 0 Å². The number of likely N-dealkylation sites (tertiary alicyclic amines) is 1. The van der Waals surface area contributed by atoms with Crippen LogP contribution in [0.5, 0.6) is 0 Å². The van der Waals surface area contributed by atoms with Crippen LogP contribution in [0.2, 0.25) is 0 Å². The number of piperazine rings is 1. The Bertz CT molecular complexity index is 1360. The highest BCUT2D eigenvalue weighted by atomic mass is 16.5. The molecule has 3 aliphatic heterocycles. The van der Waals surface area contributed by atoms with Gasteiger partial charge in [-0.15, -0.1) is 0 Å². The Kier molecular flexibility index (Phi) is 9.09. The van der Waals surface area contributed by atoms with Crippen LogP contribution < -0.4 is 4.90 Å². The third-order valence-electron chi connectivity index (χ3n) is 8.83. The van der Waals surface area contributed by atoms with Crippen LogP contribution in [0.3, 0.4) is 0 Å². The van der Waals surface area contributed by atoms with E-state index >= 15 is 0 Å². The summed E-state index contributed by atoms with van der Waals surface area (Å²) in [5.41, 5.74) is 4.01. The van der Waals surface area contributed by atoms with Crippen LogP contribution in [0, 0.1) is 5.92 Å². The van der Waals surface area contributed by atoms with Crippen molar-refractivity contribution in [2.24, 2.45) is 5.92 Å². The Morgan fingerprint density at radius 1 is 0.881 bits per heavy atom. The van der Waals surface area contributed by atoms with Gasteiger partial charge in [-0.2, -0.15) is 0 Å². The average molecular weight is 571 g/mol. The minimum absolute atomic E-state index is 0.0412. The van der Waals surface area contributed by atoms with Crippen molar-refractivity contribution in [3.05, 3.63) is 65.7 Å². The number of piperidine rings is 1. The topological polar surface area (TPSA) is 85.3 Å². The van der Waals surface area contributed by atoms with Crippen molar-refractivity contribution in [2.75, 3.05) is 84.1 Å². The van der Waals surface area contributed by atoms with Gasteiger partial charge in [0.05, 0.1) is 25.5 Å². The van der Waals surface area contributed by atoms with Crippen LogP contribution in [0.4, 0.5) is 5.82 Å². The maximum absolute atomic E-state index is 13.6. The number of hydrogen-bond acceptors (Lipinski definition) is 8. The number of hydrogen-bond donors (Lipinski definition) is 1. The number of aliphatic hydroxyl groups is 1. The lowest BCUT2D eigenvalue weighted by Crippen LogP contribution is -2.50. The van der Waals surface area contributed by atoms with Crippen molar-refractivity contribution in [3.63, 3.8) is 0 Å². The normalized spacial score (nSPS) is 19.3. The zero-order valence-electron chi connectivity index (χ0n) is 24.6. The summed E-state index contributed by atoms with van der Waals surface area (Å²) in [5, 5.41) is 9.68. The molecule has 3 saturated heterocycles. The van der Waals surface area contributed by atoms with Gasteiger partial charge < -0.3 is 24.5 Å². The molecule has 222 valence electrons. The monoisotopic (exact) mass is 570 g/mol. The number of morpholine rings is 1. The van der Waals surface area contributed by atoms with Crippen LogP contribution in [0.15, 0.2) is 54.6 Å². The molecule has 1 aromatic heterocycles. The lowest BCUT2D eigenvalue weighted by molar-refractivity contribution is 0.0594. The van der Waals surface area contributed by atoms with E-state index in [1.807, 2.05) is 59.5 Å². The fraction of sp³-hybridized carbons (Fsp3) is 0.485. The molecule has 0 saturated carbocycles. The highest BCUT2D eigenvalue weighted by molar-refractivity contribution is 5.95. The molecule has 6 rings (SSSR count). The molecule has 3 fully saturated rings. The molecule has 3 aliphatic rings. The number of benzene rings is 2. The van der Waals surface area contributed by atoms with Crippen molar-refractivity contribution in [2.45, 2.75) is 19.4 Å². The molecule has 0 aliphatic carbocycles. The first kappa shape index (κ1) is 28.7. The van der Waals surface area contributed by atoms with Crippen molar-refractivity contribution in [1.82, 2.24) is 24.7 Å². The van der Waals surface area contributed by atoms with Crippen LogP contribution in [0.1, 0.15) is 28.8 Å². The van der Waals surface area contributed by atoms with Gasteiger partial charge in [0.15, 0.2) is 5.82 Å². The first-order valence-electron chi connectivity index (χ1n) is 15.3. The molecular formula is C33H42N6O3. The highest BCUT2D eigenvalue weighted by Gasteiger charge is 2.26. The summed E-state index contributed by atoms with van der Waals surface area (Å²) in [4.78, 5) is 32.6.